The van der Waals surface area contributed by atoms with Gasteiger partial charge in [-0.1, -0.05) is 0 Å². The second kappa shape index (κ2) is 4.72. The Hall–Kier alpha value is -1.36. The Labute approximate surface area is 108 Å². The molecule has 1 aromatic heterocycles. The lowest BCUT2D eigenvalue weighted by molar-refractivity contribution is -0.123. The number of carbonyl (C=O) groups excluding carboxylic acids is 1. The van der Waals surface area contributed by atoms with Gasteiger partial charge in [-0.3, -0.25) is 4.79 Å². The molecular formula is C13H22N4O. The molecule has 2 rings (SSSR count). The van der Waals surface area contributed by atoms with Gasteiger partial charge in [0.2, 0.25) is 5.91 Å². The molecule has 0 spiro atoms. The summed E-state index contributed by atoms with van der Waals surface area (Å²) >= 11 is 0. The van der Waals surface area contributed by atoms with Crippen LogP contribution in [0.4, 0.5) is 0 Å². The Kier molecular flexibility index (Phi) is 3.43. The normalized spacial score (nSPS) is 15.3. The first-order valence-corrected chi connectivity index (χ1v) is 6.43. The predicted octanol–water partition coefficient (Wildman–Crippen LogP) is 0.752. The molecule has 1 aliphatic heterocycles. The Morgan fingerprint density at radius 1 is 1.50 bits per heavy atom. The van der Waals surface area contributed by atoms with Crippen LogP contribution >= 0.6 is 0 Å². The zero-order valence-electron chi connectivity index (χ0n) is 11.6. The van der Waals surface area contributed by atoms with Crippen molar-refractivity contribution in [1.82, 2.24) is 20.2 Å². The molecule has 0 unspecified atom stereocenters. The zero-order valence-corrected chi connectivity index (χ0v) is 11.6. The van der Waals surface area contributed by atoms with Gasteiger partial charge in [0.05, 0.1) is 5.69 Å². The molecule has 1 aromatic rings. The van der Waals surface area contributed by atoms with E-state index in [-0.39, 0.29) is 11.4 Å². The maximum atomic E-state index is 12.0. The van der Waals surface area contributed by atoms with Gasteiger partial charge >= 0.3 is 0 Å². The minimum atomic E-state index is -0.187. The Morgan fingerprint density at radius 2 is 2.22 bits per heavy atom. The number of hydrogen-bond acceptors (Lipinski definition) is 3. The first-order chi connectivity index (χ1) is 8.37. The van der Waals surface area contributed by atoms with Crippen LogP contribution in [0.1, 0.15) is 38.0 Å². The number of imidazole rings is 1. The lowest BCUT2D eigenvalue weighted by atomic mass is 10.1. The fourth-order valence-corrected chi connectivity index (χ4v) is 2.32. The minimum absolute atomic E-state index is 0.0457. The van der Waals surface area contributed by atoms with E-state index in [1.165, 1.54) is 5.69 Å². The molecule has 18 heavy (non-hydrogen) atoms. The lowest BCUT2D eigenvalue weighted by Gasteiger charge is -2.22. The van der Waals surface area contributed by atoms with E-state index in [1.54, 1.807) is 0 Å². The molecule has 2 N–H and O–H groups in total. The number of aromatic nitrogens is 2. The van der Waals surface area contributed by atoms with Crippen molar-refractivity contribution in [1.29, 1.82) is 0 Å². The molecule has 1 amide bonds. The van der Waals surface area contributed by atoms with E-state index < -0.39 is 0 Å². The quantitative estimate of drug-likeness (QED) is 0.814. The maximum Gasteiger partial charge on any atom is 0.240 e. The topological polar surface area (TPSA) is 59.0 Å². The summed E-state index contributed by atoms with van der Waals surface area (Å²) in [4.78, 5) is 16.5. The molecule has 2 heterocycles. The summed E-state index contributed by atoms with van der Waals surface area (Å²) in [5, 5.41) is 6.28. The summed E-state index contributed by atoms with van der Waals surface area (Å²) < 4.78 is 2.04. The number of nitrogens with one attached hydrogen (secondary N) is 2. The van der Waals surface area contributed by atoms with Crippen LogP contribution in [0.3, 0.4) is 0 Å². The predicted molar refractivity (Wildman–Crippen MR) is 70.3 cm³/mol. The number of fused-ring (bicyclic) bond motifs is 1. The van der Waals surface area contributed by atoms with E-state index in [1.807, 2.05) is 32.3 Å². The van der Waals surface area contributed by atoms with E-state index in [0.29, 0.717) is 6.54 Å². The van der Waals surface area contributed by atoms with Crippen LogP contribution in [0.2, 0.25) is 0 Å². The smallest absolute Gasteiger partial charge is 0.240 e. The van der Waals surface area contributed by atoms with E-state index in [9.17, 15) is 4.79 Å². The van der Waals surface area contributed by atoms with Gasteiger partial charge < -0.3 is 15.2 Å². The van der Waals surface area contributed by atoms with E-state index in [0.717, 1.165) is 31.0 Å². The zero-order chi connectivity index (χ0) is 13.3. The summed E-state index contributed by atoms with van der Waals surface area (Å²) in [6, 6.07) is 0. The summed E-state index contributed by atoms with van der Waals surface area (Å²) in [5.41, 5.74) is 2.10. The van der Waals surface area contributed by atoms with Crippen LogP contribution in [0.25, 0.3) is 0 Å². The molecule has 5 heteroatoms. The summed E-state index contributed by atoms with van der Waals surface area (Å²) in [5.74, 6) is 0.970. The summed E-state index contributed by atoms with van der Waals surface area (Å²) in [6.45, 7) is 10.1. The number of carbonyl (C=O) groups is 1. The van der Waals surface area contributed by atoms with Crippen molar-refractivity contribution in [3.63, 3.8) is 0 Å². The second-order valence-corrected chi connectivity index (χ2v) is 5.86. The third kappa shape index (κ3) is 2.90. The van der Waals surface area contributed by atoms with Gasteiger partial charge in [0.15, 0.2) is 0 Å². The molecule has 1 aliphatic rings. The second-order valence-electron chi connectivity index (χ2n) is 5.86. The van der Waals surface area contributed by atoms with Crippen molar-refractivity contribution in [2.24, 2.45) is 0 Å². The summed E-state index contributed by atoms with van der Waals surface area (Å²) in [6.07, 6.45) is 0.943. The van der Waals surface area contributed by atoms with Gasteiger partial charge in [-0.15, -0.1) is 0 Å². The average molecular weight is 250 g/mol. The molecule has 0 bridgehead atoms. The Morgan fingerprint density at radius 3 is 2.89 bits per heavy atom. The Bertz CT molecular complexity index is 456. The van der Waals surface area contributed by atoms with Gasteiger partial charge in [-0.05, 0) is 27.7 Å². The van der Waals surface area contributed by atoms with Crippen molar-refractivity contribution in [3.8, 4) is 0 Å². The van der Waals surface area contributed by atoms with Crippen molar-refractivity contribution in [3.05, 3.63) is 17.2 Å². The number of hydrogen-bond donors (Lipinski definition) is 2. The molecule has 5 nitrogen and oxygen atoms in total. The van der Waals surface area contributed by atoms with E-state index in [2.05, 4.69) is 15.6 Å². The van der Waals surface area contributed by atoms with Crippen LogP contribution in [0, 0.1) is 6.92 Å². The number of nitrogens with zero attached hydrogens (tertiary/aromatic N) is 2. The molecule has 0 aliphatic carbocycles. The number of aryl methyl sites for hydroxylation is 1. The van der Waals surface area contributed by atoms with Crippen molar-refractivity contribution in [2.75, 3.05) is 6.54 Å². The van der Waals surface area contributed by atoms with Gasteiger partial charge in [0.25, 0.3) is 0 Å². The van der Waals surface area contributed by atoms with Gasteiger partial charge in [-0.25, -0.2) is 4.98 Å². The fourth-order valence-electron chi connectivity index (χ4n) is 2.32. The molecule has 0 atom stereocenters. The molecule has 0 saturated heterocycles. The highest BCUT2D eigenvalue weighted by atomic mass is 16.2. The van der Waals surface area contributed by atoms with E-state index >= 15 is 0 Å². The number of amides is 1. The van der Waals surface area contributed by atoms with Gasteiger partial charge in [-0.2, -0.15) is 0 Å². The van der Waals surface area contributed by atoms with Crippen molar-refractivity contribution in [2.45, 2.75) is 52.7 Å². The van der Waals surface area contributed by atoms with Gasteiger partial charge in [0.1, 0.15) is 12.4 Å². The largest absolute Gasteiger partial charge is 0.350 e. The fraction of sp³-hybridized carbons (Fsp3) is 0.692. The van der Waals surface area contributed by atoms with Gasteiger partial charge in [0, 0.05) is 30.7 Å². The average Bonchev–Trinajstić information content (AvgIpc) is 2.53. The molecule has 0 radical (unpaired) electrons. The van der Waals surface area contributed by atoms with E-state index in [4.69, 9.17) is 0 Å². The minimum Gasteiger partial charge on any atom is -0.350 e. The van der Waals surface area contributed by atoms with Crippen LogP contribution < -0.4 is 10.6 Å². The first kappa shape index (κ1) is 13.1. The van der Waals surface area contributed by atoms with Crippen LogP contribution in [-0.2, 0) is 24.3 Å². The highest BCUT2D eigenvalue weighted by molar-refractivity contribution is 5.76. The standard InChI is InChI=1S/C13H22N4O/c1-9-15-10-7-14-6-5-11(10)17(9)8-12(18)16-13(2,3)4/h14H,5-8H2,1-4H3,(H,16,18). The lowest BCUT2D eigenvalue weighted by Crippen LogP contribution is -2.42. The molecule has 100 valence electrons. The SMILES string of the molecule is Cc1nc2c(n1CC(=O)NC(C)(C)C)CCNC2. The van der Waals surface area contributed by atoms with Crippen LogP contribution in [0.5, 0.6) is 0 Å². The van der Waals surface area contributed by atoms with Crippen LogP contribution in [0.15, 0.2) is 0 Å². The highest BCUT2D eigenvalue weighted by Gasteiger charge is 2.20. The molecule has 0 aromatic carbocycles. The third-order valence-corrected chi connectivity index (χ3v) is 2.99. The Balaban J connectivity index is 2.14. The molecule has 0 fully saturated rings. The third-order valence-electron chi connectivity index (χ3n) is 2.99. The molecular weight excluding hydrogens is 228 g/mol. The summed E-state index contributed by atoms with van der Waals surface area (Å²) in [7, 11) is 0. The van der Waals surface area contributed by atoms with Crippen LogP contribution in [-0.4, -0.2) is 27.5 Å². The maximum absolute atomic E-state index is 12.0. The first-order valence-electron chi connectivity index (χ1n) is 6.43. The monoisotopic (exact) mass is 250 g/mol. The number of rotatable bonds is 2. The van der Waals surface area contributed by atoms with Crippen molar-refractivity contribution >= 4 is 5.91 Å². The molecule has 0 saturated carbocycles. The highest BCUT2D eigenvalue weighted by Crippen LogP contribution is 2.15. The van der Waals surface area contributed by atoms with Crippen molar-refractivity contribution < 1.29 is 4.79 Å².